The average molecular weight is 251 g/mol. The number of hydrogen-bond acceptors (Lipinski definition) is 2. The summed E-state index contributed by atoms with van der Waals surface area (Å²) in [5.41, 5.74) is 0. The highest BCUT2D eigenvalue weighted by atomic mass is 16.4. The zero-order valence-corrected chi connectivity index (χ0v) is 10.7. The van der Waals surface area contributed by atoms with Gasteiger partial charge in [0.05, 0.1) is 11.8 Å². The molecule has 0 heterocycles. The van der Waals surface area contributed by atoms with Crippen molar-refractivity contribution in [1.82, 2.24) is 5.32 Å². The normalized spacial score (nSPS) is 23.1. The molecular weight excluding hydrogens is 230 g/mol. The fourth-order valence-electron chi connectivity index (χ4n) is 2.44. The van der Waals surface area contributed by atoms with Gasteiger partial charge in [-0.2, -0.15) is 0 Å². The highest BCUT2D eigenvalue weighted by Crippen LogP contribution is 2.30. The Morgan fingerprint density at radius 3 is 2.50 bits per heavy atom. The number of unbranched alkanes of at least 4 members (excludes halogenated alkanes) is 2. The molecule has 0 aromatic rings. The predicted octanol–water partition coefficient (Wildman–Crippen LogP) is 1.80. The van der Waals surface area contributed by atoms with E-state index in [0.717, 1.165) is 32.1 Å². The fourth-order valence-corrected chi connectivity index (χ4v) is 2.44. The molecule has 0 aromatic carbocycles. The van der Waals surface area contributed by atoms with Crippen molar-refractivity contribution in [3.8, 4) is 12.3 Å². The van der Waals surface area contributed by atoms with Gasteiger partial charge < -0.3 is 10.4 Å². The number of carboxylic acids is 1. The van der Waals surface area contributed by atoms with Gasteiger partial charge in [0.1, 0.15) is 0 Å². The van der Waals surface area contributed by atoms with Crippen LogP contribution in [0.3, 0.4) is 0 Å². The molecule has 0 saturated heterocycles. The van der Waals surface area contributed by atoms with Crippen molar-refractivity contribution in [3.63, 3.8) is 0 Å². The molecule has 0 spiro atoms. The van der Waals surface area contributed by atoms with Crippen LogP contribution in [-0.4, -0.2) is 23.5 Å². The lowest BCUT2D eigenvalue weighted by atomic mass is 9.78. The topological polar surface area (TPSA) is 66.4 Å². The zero-order valence-electron chi connectivity index (χ0n) is 10.7. The van der Waals surface area contributed by atoms with Gasteiger partial charge in [-0.15, -0.1) is 12.3 Å². The van der Waals surface area contributed by atoms with E-state index in [-0.39, 0.29) is 11.8 Å². The van der Waals surface area contributed by atoms with Gasteiger partial charge in [-0.3, -0.25) is 9.59 Å². The number of amides is 1. The Kier molecular flexibility index (Phi) is 6.27. The van der Waals surface area contributed by atoms with E-state index < -0.39 is 11.9 Å². The maximum absolute atomic E-state index is 11.9. The number of terminal acetylenes is 1. The summed E-state index contributed by atoms with van der Waals surface area (Å²) in [7, 11) is 0. The summed E-state index contributed by atoms with van der Waals surface area (Å²) < 4.78 is 0. The molecular formula is C14H21NO3. The number of carbonyl (C=O) groups excluding carboxylic acids is 1. The largest absolute Gasteiger partial charge is 0.481 e. The molecule has 4 nitrogen and oxygen atoms in total. The molecule has 1 rings (SSSR count). The Labute approximate surface area is 108 Å². The van der Waals surface area contributed by atoms with E-state index in [4.69, 9.17) is 11.5 Å². The highest BCUT2D eigenvalue weighted by molar-refractivity contribution is 5.84. The molecule has 2 N–H and O–H groups in total. The quantitative estimate of drug-likeness (QED) is 0.559. The minimum Gasteiger partial charge on any atom is -0.481 e. The molecule has 2 atom stereocenters. The predicted molar refractivity (Wildman–Crippen MR) is 68.8 cm³/mol. The summed E-state index contributed by atoms with van der Waals surface area (Å²) in [6, 6.07) is 0. The molecule has 0 radical (unpaired) electrons. The SMILES string of the molecule is C#CCCCCNC(=O)C1CCCCC1C(=O)O. The first-order chi connectivity index (χ1) is 8.66. The minimum absolute atomic E-state index is 0.109. The molecule has 100 valence electrons. The second-order valence-corrected chi connectivity index (χ2v) is 4.79. The van der Waals surface area contributed by atoms with Crippen LogP contribution < -0.4 is 5.32 Å². The van der Waals surface area contributed by atoms with Crippen LogP contribution >= 0.6 is 0 Å². The monoisotopic (exact) mass is 251 g/mol. The number of rotatable bonds is 6. The number of hydrogen-bond donors (Lipinski definition) is 2. The lowest BCUT2D eigenvalue weighted by molar-refractivity contribution is -0.148. The van der Waals surface area contributed by atoms with Crippen LogP contribution in [0.1, 0.15) is 44.9 Å². The first-order valence-electron chi connectivity index (χ1n) is 6.60. The molecule has 2 unspecified atom stereocenters. The molecule has 18 heavy (non-hydrogen) atoms. The summed E-state index contributed by atoms with van der Waals surface area (Å²) in [4.78, 5) is 23.0. The Balaban J connectivity index is 2.34. The van der Waals surface area contributed by atoms with Gasteiger partial charge in [-0.1, -0.05) is 12.8 Å². The number of carbonyl (C=O) groups is 2. The summed E-state index contributed by atoms with van der Waals surface area (Å²) >= 11 is 0. The van der Waals surface area contributed by atoms with Gasteiger partial charge in [0.25, 0.3) is 0 Å². The van der Waals surface area contributed by atoms with Crippen LogP contribution in [0.4, 0.5) is 0 Å². The molecule has 0 aliphatic heterocycles. The van der Waals surface area contributed by atoms with E-state index in [2.05, 4.69) is 11.2 Å². The van der Waals surface area contributed by atoms with Crippen molar-refractivity contribution in [3.05, 3.63) is 0 Å². The van der Waals surface area contributed by atoms with E-state index in [1.165, 1.54) is 0 Å². The van der Waals surface area contributed by atoms with Crippen LogP contribution in [0.2, 0.25) is 0 Å². The van der Waals surface area contributed by atoms with E-state index >= 15 is 0 Å². The molecule has 1 aliphatic rings. The van der Waals surface area contributed by atoms with E-state index in [1.807, 2.05) is 0 Å². The number of aliphatic carboxylic acids is 1. The van der Waals surface area contributed by atoms with E-state index in [9.17, 15) is 9.59 Å². The first-order valence-corrected chi connectivity index (χ1v) is 6.60. The molecule has 0 aromatic heterocycles. The van der Waals surface area contributed by atoms with Gasteiger partial charge in [-0.05, 0) is 25.7 Å². The molecule has 1 amide bonds. The molecule has 1 aliphatic carbocycles. The third-order valence-corrected chi connectivity index (χ3v) is 3.47. The fraction of sp³-hybridized carbons (Fsp3) is 0.714. The summed E-state index contributed by atoms with van der Waals surface area (Å²) in [5, 5.41) is 11.9. The van der Waals surface area contributed by atoms with Gasteiger partial charge >= 0.3 is 5.97 Å². The highest BCUT2D eigenvalue weighted by Gasteiger charge is 2.35. The minimum atomic E-state index is -0.845. The van der Waals surface area contributed by atoms with E-state index in [0.29, 0.717) is 19.4 Å². The Hall–Kier alpha value is -1.50. The second kappa shape index (κ2) is 7.75. The summed E-state index contributed by atoms with van der Waals surface area (Å²) in [6.07, 6.45) is 10.7. The van der Waals surface area contributed by atoms with Crippen molar-refractivity contribution in [2.45, 2.75) is 44.9 Å². The van der Waals surface area contributed by atoms with Crippen molar-refractivity contribution in [1.29, 1.82) is 0 Å². The van der Waals surface area contributed by atoms with E-state index in [1.54, 1.807) is 0 Å². The molecule has 4 heteroatoms. The van der Waals surface area contributed by atoms with Gasteiger partial charge in [0.2, 0.25) is 5.91 Å². The molecule has 1 fully saturated rings. The van der Waals surface area contributed by atoms with Crippen LogP contribution in [-0.2, 0) is 9.59 Å². The lowest BCUT2D eigenvalue weighted by Crippen LogP contribution is -2.40. The zero-order chi connectivity index (χ0) is 13.4. The Morgan fingerprint density at radius 1 is 1.22 bits per heavy atom. The molecule has 1 saturated carbocycles. The lowest BCUT2D eigenvalue weighted by Gasteiger charge is -2.27. The first kappa shape index (κ1) is 14.6. The Bertz CT molecular complexity index is 332. The number of carboxylic acid groups (broad SMARTS) is 1. The van der Waals surface area contributed by atoms with Crippen LogP contribution in [0, 0.1) is 24.2 Å². The van der Waals surface area contributed by atoms with Crippen molar-refractivity contribution >= 4 is 11.9 Å². The summed E-state index contributed by atoms with van der Waals surface area (Å²) in [6.45, 7) is 0.587. The summed E-state index contributed by atoms with van der Waals surface area (Å²) in [5.74, 6) is 0.730. The average Bonchev–Trinajstić information content (AvgIpc) is 2.38. The van der Waals surface area contributed by atoms with Crippen LogP contribution in [0.15, 0.2) is 0 Å². The standard InChI is InChI=1S/C14H21NO3/c1-2-3-4-7-10-15-13(16)11-8-5-6-9-12(11)14(17)18/h1,11-12H,3-10H2,(H,15,16)(H,17,18). The van der Waals surface area contributed by atoms with Crippen LogP contribution in [0.25, 0.3) is 0 Å². The third-order valence-electron chi connectivity index (χ3n) is 3.47. The van der Waals surface area contributed by atoms with Gasteiger partial charge in [-0.25, -0.2) is 0 Å². The van der Waals surface area contributed by atoms with Gasteiger partial charge in [0, 0.05) is 13.0 Å². The number of nitrogens with one attached hydrogen (secondary N) is 1. The van der Waals surface area contributed by atoms with Crippen molar-refractivity contribution < 1.29 is 14.7 Å². The maximum Gasteiger partial charge on any atom is 0.307 e. The van der Waals surface area contributed by atoms with Crippen molar-refractivity contribution in [2.24, 2.45) is 11.8 Å². The molecule has 0 bridgehead atoms. The van der Waals surface area contributed by atoms with Crippen molar-refractivity contribution in [2.75, 3.05) is 6.54 Å². The third kappa shape index (κ3) is 4.40. The van der Waals surface area contributed by atoms with Gasteiger partial charge in [0.15, 0.2) is 0 Å². The second-order valence-electron chi connectivity index (χ2n) is 4.79. The van der Waals surface area contributed by atoms with Crippen LogP contribution in [0.5, 0.6) is 0 Å². The Morgan fingerprint density at radius 2 is 1.89 bits per heavy atom. The maximum atomic E-state index is 11.9. The smallest absolute Gasteiger partial charge is 0.307 e.